The third kappa shape index (κ3) is 4.63. The fourth-order valence-corrected chi connectivity index (χ4v) is 5.74. The lowest BCUT2D eigenvalue weighted by Gasteiger charge is -2.41. The fraction of sp³-hybridized carbons (Fsp3) is 0.500. The quantitative estimate of drug-likeness (QED) is 0.335. The third-order valence-electron chi connectivity index (χ3n) is 7.34. The van der Waals surface area contributed by atoms with Gasteiger partial charge in [-0.1, -0.05) is 27.7 Å². The summed E-state index contributed by atoms with van der Waals surface area (Å²) in [7, 11) is 0. The number of hydrogen-bond acceptors (Lipinski definition) is 8. The number of Topliss-reactive ketones (excluding diaryl/α,β-unsaturated/α-hetero) is 3. The molecular formula is C28H33NO8. The number of hydrogen-bond donors (Lipinski definition) is 4. The van der Waals surface area contributed by atoms with E-state index >= 15 is 0 Å². The highest BCUT2D eigenvalue weighted by Gasteiger charge is 2.50. The van der Waals surface area contributed by atoms with E-state index in [0.717, 1.165) is 5.56 Å². The number of rotatable bonds is 4. The molecule has 4 rings (SSSR count). The van der Waals surface area contributed by atoms with E-state index < -0.39 is 52.7 Å². The number of aliphatic hydroxyl groups excluding tert-OH is 2. The number of carbonyl (C=O) groups excluding carboxylic acids is 4. The molecule has 0 fully saturated rings. The zero-order valence-electron chi connectivity index (χ0n) is 21.7. The molecule has 0 aliphatic heterocycles. The number of nitrogens with one attached hydrogen (secondary N) is 1. The topological polar surface area (TPSA) is 150 Å². The van der Waals surface area contributed by atoms with E-state index in [0.29, 0.717) is 24.8 Å². The maximum absolute atomic E-state index is 13.7. The molecule has 9 heteroatoms. The number of aliphatic hydroxyl groups is 2. The number of carbonyl (C=O) groups is 4. The smallest absolute Gasteiger partial charge is 0.411 e. The van der Waals surface area contributed by atoms with Crippen LogP contribution in [0.4, 0.5) is 10.5 Å². The number of ether oxygens (including phenoxy) is 1. The van der Waals surface area contributed by atoms with Gasteiger partial charge in [0.25, 0.3) is 0 Å². The summed E-state index contributed by atoms with van der Waals surface area (Å²) in [6.45, 7) is 8.93. The second-order valence-corrected chi connectivity index (χ2v) is 11.3. The van der Waals surface area contributed by atoms with Crippen LogP contribution in [0.15, 0.2) is 28.7 Å². The number of allylic oxidation sites excluding steroid dienone is 4. The highest BCUT2D eigenvalue weighted by molar-refractivity contribution is 6.22. The van der Waals surface area contributed by atoms with Crippen LogP contribution in [0.3, 0.4) is 0 Å². The number of phenolic OH excluding ortho intramolecular Hbond substituents is 1. The van der Waals surface area contributed by atoms with Gasteiger partial charge in [0.2, 0.25) is 0 Å². The number of phenols is 1. The first-order valence-electron chi connectivity index (χ1n) is 12.5. The number of amides is 1. The zero-order chi connectivity index (χ0) is 27.4. The number of ketones is 3. The minimum atomic E-state index is -1.10. The predicted octanol–water partition coefficient (Wildman–Crippen LogP) is 4.73. The fourth-order valence-electron chi connectivity index (χ4n) is 5.74. The van der Waals surface area contributed by atoms with E-state index in [1.807, 2.05) is 27.7 Å². The van der Waals surface area contributed by atoms with Gasteiger partial charge in [0.05, 0.1) is 29.3 Å². The first-order chi connectivity index (χ1) is 17.2. The molecule has 3 atom stereocenters. The Labute approximate surface area is 215 Å². The average Bonchev–Trinajstić information content (AvgIpc) is 2.78. The van der Waals surface area contributed by atoms with Crippen LogP contribution in [0.1, 0.15) is 68.9 Å². The molecule has 0 spiro atoms. The van der Waals surface area contributed by atoms with E-state index in [9.17, 15) is 34.5 Å². The number of aryl methyl sites for hydroxylation is 1. The van der Waals surface area contributed by atoms with Crippen LogP contribution in [-0.2, 0) is 27.2 Å². The first-order valence-corrected chi connectivity index (χ1v) is 12.5. The zero-order valence-corrected chi connectivity index (χ0v) is 21.7. The van der Waals surface area contributed by atoms with Crippen molar-refractivity contribution < 1.29 is 39.2 Å². The Kier molecular flexibility index (Phi) is 6.69. The van der Waals surface area contributed by atoms with Gasteiger partial charge in [-0.3, -0.25) is 19.7 Å². The van der Waals surface area contributed by atoms with E-state index in [1.54, 1.807) is 6.07 Å². The van der Waals surface area contributed by atoms with Gasteiger partial charge < -0.3 is 20.1 Å². The van der Waals surface area contributed by atoms with Gasteiger partial charge in [-0.2, -0.15) is 0 Å². The van der Waals surface area contributed by atoms with Gasteiger partial charge in [-0.05, 0) is 60.6 Å². The third-order valence-corrected chi connectivity index (χ3v) is 7.34. The molecule has 3 aliphatic carbocycles. The lowest BCUT2D eigenvalue weighted by atomic mass is 9.62. The second kappa shape index (κ2) is 9.36. The molecular weight excluding hydrogens is 478 g/mol. The highest BCUT2D eigenvalue weighted by Crippen LogP contribution is 2.50. The van der Waals surface area contributed by atoms with Crippen molar-refractivity contribution in [2.45, 2.75) is 60.3 Å². The van der Waals surface area contributed by atoms with Crippen LogP contribution >= 0.6 is 0 Å². The maximum atomic E-state index is 13.7. The monoisotopic (exact) mass is 511 g/mol. The predicted molar refractivity (Wildman–Crippen MR) is 135 cm³/mol. The Morgan fingerprint density at radius 3 is 2.41 bits per heavy atom. The van der Waals surface area contributed by atoms with Crippen molar-refractivity contribution in [3.05, 3.63) is 45.4 Å². The van der Waals surface area contributed by atoms with E-state index in [4.69, 9.17) is 4.74 Å². The Bertz CT molecular complexity index is 1280. The highest BCUT2D eigenvalue weighted by atomic mass is 16.5. The number of aromatic hydroxyl groups is 1. The second-order valence-electron chi connectivity index (χ2n) is 11.3. The summed E-state index contributed by atoms with van der Waals surface area (Å²) >= 11 is 0. The van der Waals surface area contributed by atoms with E-state index in [1.165, 1.54) is 6.92 Å². The standard InChI is InChI=1S/C28H33NO8/c1-6-13-9-17(29-27(36)37-11-28(3,4)5)23(32)22-16(13)8-14-7-15-10-18(31)19(12(2)30)24(33)21(15)25(34)20(14)26(22)35/h9,14-15,21,31-32,34H,6-8,10-11H2,1-5H3,(H,29,36). The minimum absolute atomic E-state index is 0.0184. The lowest BCUT2D eigenvalue weighted by Crippen LogP contribution is -2.42. The molecule has 0 bridgehead atoms. The molecule has 0 saturated carbocycles. The van der Waals surface area contributed by atoms with Crippen molar-refractivity contribution in [1.29, 1.82) is 0 Å². The molecule has 0 aromatic heterocycles. The van der Waals surface area contributed by atoms with Gasteiger partial charge >= 0.3 is 6.09 Å². The molecule has 1 amide bonds. The molecule has 0 heterocycles. The molecule has 4 N–H and O–H groups in total. The van der Waals surface area contributed by atoms with Crippen molar-refractivity contribution in [3.8, 4) is 5.75 Å². The maximum Gasteiger partial charge on any atom is 0.411 e. The first kappa shape index (κ1) is 26.4. The largest absolute Gasteiger partial charge is 0.511 e. The van der Waals surface area contributed by atoms with E-state index in [-0.39, 0.29) is 46.6 Å². The number of anilines is 1. The van der Waals surface area contributed by atoms with Crippen molar-refractivity contribution in [2.24, 2.45) is 23.2 Å². The van der Waals surface area contributed by atoms with Gasteiger partial charge in [-0.15, -0.1) is 0 Å². The number of benzene rings is 1. The van der Waals surface area contributed by atoms with Gasteiger partial charge in [-0.25, -0.2) is 4.79 Å². The van der Waals surface area contributed by atoms with Crippen LogP contribution in [0.5, 0.6) is 5.75 Å². The van der Waals surface area contributed by atoms with Gasteiger partial charge in [0, 0.05) is 12.0 Å². The normalized spacial score (nSPS) is 23.3. The van der Waals surface area contributed by atoms with Crippen molar-refractivity contribution in [2.75, 3.05) is 11.9 Å². The summed E-state index contributed by atoms with van der Waals surface area (Å²) < 4.78 is 5.24. The summed E-state index contributed by atoms with van der Waals surface area (Å²) in [6.07, 6.45) is 0.514. The summed E-state index contributed by atoms with van der Waals surface area (Å²) in [4.78, 5) is 51.2. The summed E-state index contributed by atoms with van der Waals surface area (Å²) in [5, 5.41) is 35.1. The molecule has 1 aromatic rings. The van der Waals surface area contributed by atoms with Crippen molar-refractivity contribution in [3.63, 3.8) is 0 Å². The van der Waals surface area contributed by atoms with E-state index in [2.05, 4.69) is 5.32 Å². The lowest BCUT2D eigenvalue weighted by molar-refractivity contribution is -0.125. The Morgan fingerprint density at radius 2 is 1.81 bits per heavy atom. The molecule has 0 radical (unpaired) electrons. The Morgan fingerprint density at radius 1 is 1.14 bits per heavy atom. The van der Waals surface area contributed by atoms with Crippen molar-refractivity contribution in [1.82, 2.24) is 0 Å². The van der Waals surface area contributed by atoms with Crippen LogP contribution < -0.4 is 5.32 Å². The minimum Gasteiger partial charge on any atom is -0.511 e. The van der Waals surface area contributed by atoms with Crippen LogP contribution in [0, 0.1) is 23.2 Å². The van der Waals surface area contributed by atoms with Gasteiger partial charge in [0.1, 0.15) is 11.5 Å². The summed E-state index contributed by atoms with van der Waals surface area (Å²) in [5.74, 6) is -4.99. The molecule has 3 unspecified atom stereocenters. The molecule has 1 aromatic carbocycles. The van der Waals surface area contributed by atoms with Gasteiger partial charge in [0.15, 0.2) is 23.1 Å². The molecule has 0 saturated heterocycles. The molecule has 198 valence electrons. The molecule has 3 aliphatic rings. The summed E-state index contributed by atoms with van der Waals surface area (Å²) in [5.41, 5.74) is 0.829. The Balaban J connectivity index is 1.75. The van der Waals surface area contributed by atoms with Crippen LogP contribution in [-0.4, -0.2) is 45.4 Å². The summed E-state index contributed by atoms with van der Waals surface area (Å²) in [6, 6.07) is 1.62. The van der Waals surface area contributed by atoms with Crippen LogP contribution in [0.2, 0.25) is 0 Å². The average molecular weight is 512 g/mol. The molecule has 9 nitrogen and oxygen atoms in total. The molecule has 37 heavy (non-hydrogen) atoms. The Hall–Kier alpha value is -3.62. The van der Waals surface area contributed by atoms with Crippen molar-refractivity contribution >= 4 is 29.1 Å². The SMILES string of the molecule is CCc1cc(NC(=O)OCC(C)(C)C)c(O)c2c1CC1CC3CC(O)=C(C(C)=O)C(=O)C3C(O)=C1C2=O. The number of fused-ring (bicyclic) bond motifs is 3. The van der Waals surface area contributed by atoms with Crippen LogP contribution in [0.25, 0.3) is 0 Å².